The first kappa shape index (κ1) is 56.3. The molecule has 0 aliphatic carbocycles. The minimum atomic E-state index is -10.7. The molecule has 0 amide bonds. The molecule has 0 fully saturated rings. The zero-order valence-corrected chi connectivity index (χ0v) is 29.3. The van der Waals surface area contributed by atoms with Crippen LogP contribution in [-0.2, 0) is 67.7 Å². The van der Waals surface area contributed by atoms with Crippen LogP contribution in [-0.4, -0.2) is 72.7 Å². The third-order valence-electron chi connectivity index (χ3n) is 4.44. The summed E-state index contributed by atoms with van der Waals surface area (Å²) in [5, 5.41) is 41.0. The number of nitrogens with zero attached hydrogens (tertiary/aromatic N) is 3. The van der Waals surface area contributed by atoms with Gasteiger partial charge >= 0.3 is 66.0 Å². The molecule has 0 unspecified atom stereocenters. The Kier molecular flexibility index (Phi) is 31.7. The smallest absolute Gasteiger partial charge is 0.457 e. The number of pyridine rings is 1. The summed E-state index contributed by atoms with van der Waals surface area (Å²) in [4.78, 5) is 26.6. The molecule has 11 nitrogen and oxygen atoms in total. The van der Waals surface area contributed by atoms with Gasteiger partial charge in [-0.25, -0.2) is 0 Å². The molecular formula is C26H44F6N4Ni2O7P+2. The molecule has 46 heavy (non-hydrogen) atoms. The van der Waals surface area contributed by atoms with Crippen LogP contribution in [0.2, 0.25) is 0 Å². The molecule has 275 valence electrons. The number of aromatic nitrogens is 1. The van der Waals surface area contributed by atoms with Crippen LogP contribution in [0.5, 0.6) is 5.75 Å². The average molecular weight is 787 g/mol. The number of carbonyl (C=O) groups is 2. The van der Waals surface area contributed by atoms with E-state index in [1.807, 2.05) is 30.3 Å². The number of rotatable bonds is 10. The zero-order valence-electron chi connectivity index (χ0n) is 26.5. The minimum Gasteiger partial charge on any atom is -0.457 e. The molecule has 5 N–H and O–H groups in total. The number of nitrogens with one attached hydrogen (secondary N) is 1. The topological polar surface area (TPSA) is 188 Å². The molecule has 0 atom stereocenters. The Hall–Kier alpha value is -2.09. The van der Waals surface area contributed by atoms with Crippen molar-refractivity contribution >= 4 is 19.7 Å². The summed E-state index contributed by atoms with van der Waals surface area (Å²) in [5.41, 5.74) is 3.84. The van der Waals surface area contributed by atoms with Crippen molar-refractivity contribution in [3.63, 3.8) is 0 Å². The summed E-state index contributed by atoms with van der Waals surface area (Å²) in [5.74, 6) is -2.01. The molecule has 0 spiro atoms. The van der Waals surface area contributed by atoms with Gasteiger partial charge in [0.25, 0.3) is 0 Å². The van der Waals surface area contributed by atoms with Crippen LogP contribution >= 0.6 is 7.81 Å². The summed E-state index contributed by atoms with van der Waals surface area (Å²) >= 11 is 0. The van der Waals surface area contributed by atoms with Gasteiger partial charge in [-0.15, -0.1) is 0 Å². The molecule has 1 radical (unpaired) electrons. The number of carboxylic acids is 2. The predicted octanol–water partition coefficient (Wildman–Crippen LogP) is 1.71. The maximum Gasteiger partial charge on any atom is 3.00 e. The van der Waals surface area contributed by atoms with E-state index in [9.17, 15) is 30.3 Å². The Morgan fingerprint density at radius 2 is 1.37 bits per heavy atom. The van der Waals surface area contributed by atoms with Crippen molar-refractivity contribution in [1.29, 1.82) is 0 Å². The number of hydrogen-bond acceptors (Lipinski definition) is 10. The third kappa shape index (κ3) is 46.3. The maximum absolute atomic E-state index is 12.9. The Labute approximate surface area is 285 Å². The number of hydrogen-bond donors (Lipinski definition) is 2. The quantitative estimate of drug-likeness (QED) is 0.155. The predicted molar refractivity (Wildman–Crippen MR) is 153 cm³/mol. The second-order valence-electron chi connectivity index (χ2n) is 8.95. The summed E-state index contributed by atoms with van der Waals surface area (Å²) < 4.78 is 59.2. The molecule has 0 bridgehead atoms. The van der Waals surface area contributed by atoms with Crippen LogP contribution in [0, 0.1) is 6.92 Å². The molecule has 1 heterocycles. The molecule has 20 heteroatoms. The first-order valence-electron chi connectivity index (χ1n) is 12.5. The summed E-state index contributed by atoms with van der Waals surface area (Å²) in [6.45, 7) is 11.0. The summed E-state index contributed by atoms with van der Waals surface area (Å²) in [6, 6.07) is 9.88. The van der Waals surface area contributed by atoms with Crippen LogP contribution in [0.3, 0.4) is 0 Å². The van der Waals surface area contributed by atoms with E-state index in [2.05, 4.69) is 48.0 Å². The summed E-state index contributed by atoms with van der Waals surface area (Å²) in [7, 11) is -5.51. The molecule has 1 aromatic carbocycles. The fourth-order valence-electron chi connectivity index (χ4n) is 2.94. The molecule has 2 aromatic rings. The van der Waals surface area contributed by atoms with E-state index in [1.54, 1.807) is 6.20 Å². The number of aliphatic hydroxyl groups is 1. The molecular weight excluding hydrogens is 743 g/mol. The first-order chi connectivity index (χ1) is 19.4. The van der Waals surface area contributed by atoms with Crippen LogP contribution in [0.25, 0.3) is 0 Å². The average Bonchev–Trinajstić information content (AvgIpc) is 2.83. The molecule has 0 aliphatic rings. The van der Waals surface area contributed by atoms with Crippen molar-refractivity contribution in [2.45, 2.75) is 47.3 Å². The number of aliphatic hydroxyl groups excluding tert-OH is 1. The standard InChI is InChI=1S/C21H32N4O.2C2H4O2.CH4O.F6P.2Ni.H2O/c1-5-25(11-10-24(3)4)16-19-13-17(2)12-18(21(19)26)14-22-15-20-8-6-7-9-23-20;2*1-2(3)4;1-2;1-7(2,3,4,5)6;;;/h6-9,12-13,22,26H,5,10-11,14-16H2,1-4H3;2*1H3,(H,3,4);2H,1H3;;;;1H2/q;;;;-1;+2;+3;/p-2. The van der Waals surface area contributed by atoms with Crippen molar-refractivity contribution in [1.82, 2.24) is 20.1 Å². The van der Waals surface area contributed by atoms with E-state index < -0.39 is 19.7 Å². The molecule has 0 aliphatic heterocycles. The normalized spacial score (nSPS) is 11.2. The number of benzene rings is 1. The van der Waals surface area contributed by atoms with Gasteiger partial charge in [0.2, 0.25) is 0 Å². The SMILES string of the molecule is CC(=O)[O-].CC(=O)[O-].CCN(CCN(C)C)Cc1cc(C)cc(CNCc2ccccn2)c1[O-].CO.F[P-](F)(F)(F)(F)F.[Ni+2].[Ni+3].[OH3+]. The van der Waals surface area contributed by atoms with Crippen LogP contribution in [0.1, 0.15) is 43.2 Å². The van der Waals surface area contributed by atoms with E-state index >= 15 is 0 Å². The van der Waals surface area contributed by atoms with Crippen molar-refractivity contribution in [2.75, 3.05) is 40.8 Å². The second-order valence-corrected chi connectivity index (χ2v) is 10.9. The van der Waals surface area contributed by atoms with Crippen LogP contribution in [0.15, 0.2) is 36.5 Å². The Balaban J connectivity index is -0.000000167. The van der Waals surface area contributed by atoms with Gasteiger partial charge in [-0.05, 0) is 64.7 Å². The van der Waals surface area contributed by atoms with E-state index in [-0.39, 0.29) is 44.2 Å². The van der Waals surface area contributed by atoms with Crippen molar-refractivity contribution in [3.8, 4) is 5.75 Å². The fourth-order valence-corrected chi connectivity index (χ4v) is 2.94. The van der Waals surface area contributed by atoms with E-state index in [0.717, 1.165) is 63.0 Å². The number of carboxylic acid groups (broad SMARTS) is 2. The van der Waals surface area contributed by atoms with Crippen molar-refractivity contribution < 1.29 is 93.7 Å². The van der Waals surface area contributed by atoms with Crippen molar-refractivity contribution in [3.05, 3.63) is 58.9 Å². The number of aliphatic carboxylic acids is 2. The monoisotopic (exact) mass is 785 g/mol. The van der Waals surface area contributed by atoms with Crippen molar-refractivity contribution in [2.24, 2.45) is 0 Å². The number of aryl methyl sites for hydroxylation is 1. The van der Waals surface area contributed by atoms with E-state index in [4.69, 9.17) is 24.9 Å². The number of halogens is 6. The van der Waals surface area contributed by atoms with Gasteiger partial charge in [0.1, 0.15) is 0 Å². The van der Waals surface area contributed by atoms with Crippen LogP contribution in [0.4, 0.5) is 25.2 Å². The van der Waals surface area contributed by atoms with Gasteiger partial charge in [-0.3, -0.25) is 9.88 Å². The van der Waals surface area contributed by atoms with Gasteiger partial charge < -0.3 is 45.7 Å². The molecule has 0 saturated carbocycles. The third-order valence-corrected chi connectivity index (χ3v) is 4.44. The maximum atomic E-state index is 12.9. The van der Waals surface area contributed by atoms with E-state index in [0.29, 0.717) is 19.6 Å². The van der Waals surface area contributed by atoms with Gasteiger partial charge in [-0.1, -0.05) is 36.4 Å². The van der Waals surface area contributed by atoms with Gasteiger partial charge in [-0.2, -0.15) is 0 Å². The molecule has 0 saturated heterocycles. The fraction of sp³-hybridized carbons (Fsp3) is 0.500. The summed E-state index contributed by atoms with van der Waals surface area (Å²) in [6.07, 6.45) is 1.79. The zero-order chi connectivity index (χ0) is 34.5. The molecule has 2 rings (SSSR count). The van der Waals surface area contributed by atoms with E-state index in [1.165, 1.54) is 0 Å². The van der Waals surface area contributed by atoms with Crippen LogP contribution < -0.4 is 20.6 Å². The largest absolute Gasteiger partial charge is 3.00 e. The second kappa shape index (κ2) is 25.9. The number of carbonyl (C=O) groups excluding carboxylic acids is 2. The Morgan fingerprint density at radius 3 is 1.74 bits per heavy atom. The molecule has 1 aromatic heterocycles. The number of likely N-dealkylation sites (N-methyl/N-ethyl adjacent to an activating group) is 2. The Morgan fingerprint density at radius 1 is 0.935 bits per heavy atom. The van der Waals surface area contributed by atoms with Gasteiger partial charge in [0.05, 0.1) is 5.69 Å². The Bertz CT molecular complexity index is 1060. The van der Waals surface area contributed by atoms with Gasteiger partial charge in [0, 0.05) is 58.0 Å². The van der Waals surface area contributed by atoms with Gasteiger partial charge in [0.15, 0.2) is 0 Å². The minimum absolute atomic E-state index is 0. The first-order valence-corrected chi connectivity index (χ1v) is 14.6.